The van der Waals surface area contributed by atoms with Crippen LogP contribution in [0.4, 0.5) is 0 Å². The Bertz CT molecular complexity index is 506. The van der Waals surface area contributed by atoms with Crippen LogP contribution in [-0.4, -0.2) is 56.2 Å². The Kier molecular flexibility index (Phi) is 14.6. The van der Waals surface area contributed by atoms with Crippen LogP contribution in [0.5, 0.6) is 0 Å². The molecule has 0 radical (unpaired) electrons. The van der Waals surface area contributed by atoms with Crippen LogP contribution in [0.1, 0.15) is 51.5 Å². The number of nitrogens with one attached hydrogen (secondary N) is 2. The Labute approximate surface area is 183 Å². The molecule has 0 saturated carbocycles. The van der Waals surface area contributed by atoms with Crippen molar-refractivity contribution >= 4 is 29.9 Å². The summed E-state index contributed by atoms with van der Waals surface area (Å²) in [6.45, 7) is 7.09. The first-order valence-electron chi connectivity index (χ1n) is 9.90. The lowest BCUT2D eigenvalue weighted by Crippen LogP contribution is -2.39. The quantitative estimate of drug-likeness (QED) is 0.182. The fourth-order valence-corrected chi connectivity index (χ4v) is 2.75. The average Bonchev–Trinajstić information content (AvgIpc) is 2.62. The van der Waals surface area contributed by atoms with Crippen molar-refractivity contribution < 1.29 is 5.11 Å². The second-order valence-electron chi connectivity index (χ2n) is 7.33. The minimum atomic E-state index is -0.962. The van der Waals surface area contributed by atoms with Gasteiger partial charge in [0.05, 0.1) is 6.54 Å². The first kappa shape index (κ1) is 26.1. The monoisotopic (exact) mass is 490 g/mol. The topological polar surface area (TPSA) is 59.9 Å². The summed E-state index contributed by atoms with van der Waals surface area (Å²) in [5.41, 5.74) is -0.0758. The second kappa shape index (κ2) is 15.1. The van der Waals surface area contributed by atoms with Crippen LogP contribution in [-0.2, 0) is 5.60 Å². The summed E-state index contributed by atoms with van der Waals surface area (Å²) in [6.07, 6.45) is 6.24. The van der Waals surface area contributed by atoms with Gasteiger partial charge in [0.15, 0.2) is 5.96 Å². The van der Waals surface area contributed by atoms with Crippen LogP contribution in [0.3, 0.4) is 0 Å². The minimum absolute atomic E-state index is 0. The maximum atomic E-state index is 10.7. The number of benzene rings is 1. The minimum Gasteiger partial charge on any atom is -0.384 e. The molecule has 0 aliphatic rings. The predicted molar refractivity (Wildman–Crippen MR) is 127 cm³/mol. The number of aliphatic imine (C=N–C) groups is 1. The first-order chi connectivity index (χ1) is 12.5. The highest BCUT2D eigenvalue weighted by Gasteiger charge is 2.22. The molecule has 0 saturated heterocycles. The van der Waals surface area contributed by atoms with Crippen LogP contribution in [0.25, 0.3) is 0 Å². The number of hydrogen-bond acceptors (Lipinski definition) is 3. The lowest BCUT2D eigenvalue weighted by molar-refractivity contribution is 0.0672. The highest BCUT2D eigenvalue weighted by molar-refractivity contribution is 14.0. The molecule has 1 atom stereocenters. The zero-order valence-corrected chi connectivity index (χ0v) is 19.8. The van der Waals surface area contributed by atoms with Crippen LogP contribution < -0.4 is 10.6 Å². The van der Waals surface area contributed by atoms with E-state index in [2.05, 4.69) is 41.5 Å². The largest absolute Gasteiger partial charge is 0.384 e. The number of unbranched alkanes of at least 4 members (excludes halogenated alkanes) is 4. The summed E-state index contributed by atoms with van der Waals surface area (Å²) in [4.78, 5) is 6.81. The fraction of sp³-hybridized carbons (Fsp3) is 0.667. The summed E-state index contributed by atoms with van der Waals surface area (Å²) in [6, 6.07) is 9.71. The summed E-state index contributed by atoms with van der Waals surface area (Å²) in [7, 11) is 4.25. The third-order valence-corrected chi connectivity index (χ3v) is 4.36. The van der Waals surface area contributed by atoms with E-state index in [9.17, 15) is 5.11 Å². The van der Waals surface area contributed by atoms with Gasteiger partial charge in [-0.2, -0.15) is 0 Å². The van der Waals surface area contributed by atoms with Gasteiger partial charge in [0, 0.05) is 13.1 Å². The molecule has 1 unspecified atom stereocenters. The van der Waals surface area contributed by atoms with Crippen molar-refractivity contribution in [1.82, 2.24) is 15.5 Å². The summed E-state index contributed by atoms with van der Waals surface area (Å²) in [5.74, 6) is 0.774. The SMILES string of the molecule is CCNC(=NCC(C)(O)c1ccccc1)NCCCCCCCN(C)C.I. The summed E-state index contributed by atoms with van der Waals surface area (Å²) in [5, 5.41) is 17.3. The number of halogens is 1. The third kappa shape index (κ3) is 12.3. The van der Waals surface area contributed by atoms with Crippen LogP contribution in [0, 0.1) is 0 Å². The molecule has 0 aromatic heterocycles. The molecule has 0 spiro atoms. The predicted octanol–water partition coefficient (Wildman–Crippen LogP) is 3.58. The molecule has 0 amide bonds. The third-order valence-electron chi connectivity index (χ3n) is 4.36. The van der Waals surface area contributed by atoms with Crippen LogP contribution in [0.2, 0.25) is 0 Å². The lowest BCUT2D eigenvalue weighted by Gasteiger charge is -2.22. The highest BCUT2D eigenvalue weighted by atomic mass is 127. The molecule has 156 valence electrons. The van der Waals surface area contributed by atoms with Gasteiger partial charge < -0.3 is 20.6 Å². The summed E-state index contributed by atoms with van der Waals surface area (Å²) < 4.78 is 0. The van der Waals surface area contributed by atoms with Crippen LogP contribution >= 0.6 is 24.0 Å². The number of aliphatic hydroxyl groups is 1. The van der Waals surface area contributed by atoms with Gasteiger partial charge in [0.1, 0.15) is 5.60 Å². The molecule has 6 heteroatoms. The molecular formula is C21H39IN4O. The standard InChI is InChI=1S/C21H38N4O.HI/c1-5-22-20(23-16-12-7-6-8-13-17-25(3)4)24-18-21(2,26)19-14-10-9-11-15-19;/h9-11,14-15,26H,5-8,12-13,16-18H2,1-4H3,(H2,22,23,24);1H. The smallest absolute Gasteiger partial charge is 0.191 e. The van der Waals surface area contributed by atoms with E-state index in [0.29, 0.717) is 6.54 Å². The number of nitrogens with zero attached hydrogens (tertiary/aromatic N) is 2. The summed E-state index contributed by atoms with van der Waals surface area (Å²) >= 11 is 0. The Morgan fingerprint density at radius 2 is 1.67 bits per heavy atom. The zero-order valence-electron chi connectivity index (χ0n) is 17.5. The molecule has 0 fully saturated rings. The molecule has 1 rings (SSSR count). The molecule has 0 aliphatic heterocycles. The van der Waals surface area contributed by atoms with Crippen molar-refractivity contribution in [3.63, 3.8) is 0 Å². The van der Waals surface area contributed by atoms with Gasteiger partial charge in [0.25, 0.3) is 0 Å². The van der Waals surface area contributed by atoms with E-state index in [0.717, 1.165) is 31.0 Å². The second-order valence-corrected chi connectivity index (χ2v) is 7.33. The number of hydrogen-bond donors (Lipinski definition) is 3. The normalized spacial score (nSPS) is 13.8. The Morgan fingerprint density at radius 1 is 1.04 bits per heavy atom. The molecule has 1 aromatic carbocycles. The van der Waals surface area contributed by atoms with E-state index in [1.165, 1.54) is 32.2 Å². The average molecular weight is 490 g/mol. The van der Waals surface area contributed by atoms with E-state index in [1.807, 2.05) is 37.3 Å². The van der Waals surface area contributed by atoms with E-state index in [-0.39, 0.29) is 24.0 Å². The number of guanidine groups is 1. The number of rotatable bonds is 12. The van der Waals surface area contributed by atoms with Crippen molar-refractivity contribution in [2.75, 3.05) is 40.3 Å². The van der Waals surface area contributed by atoms with Crippen molar-refractivity contribution in [3.8, 4) is 0 Å². The Hall–Kier alpha value is -0.860. The molecule has 5 nitrogen and oxygen atoms in total. The van der Waals surface area contributed by atoms with Crippen LogP contribution in [0.15, 0.2) is 35.3 Å². The zero-order chi connectivity index (χ0) is 19.3. The van der Waals surface area contributed by atoms with Gasteiger partial charge in [-0.15, -0.1) is 24.0 Å². The van der Waals surface area contributed by atoms with E-state index in [1.54, 1.807) is 0 Å². The van der Waals surface area contributed by atoms with Gasteiger partial charge in [-0.05, 0) is 52.9 Å². The molecule has 3 N–H and O–H groups in total. The van der Waals surface area contributed by atoms with Crippen molar-refractivity contribution in [3.05, 3.63) is 35.9 Å². The maximum Gasteiger partial charge on any atom is 0.191 e. The van der Waals surface area contributed by atoms with E-state index >= 15 is 0 Å². The van der Waals surface area contributed by atoms with Gasteiger partial charge in [-0.3, -0.25) is 0 Å². The van der Waals surface area contributed by atoms with Gasteiger partial charge in [0.2, 0.25) is 0 Å². The van der Waals surface area contributed by atoms with Crippen molar-refractivity contribution in [1.29, 1.82) is 0 Å². The van der Waals surface area contributed by atoms with E-state index in [4.69, 9.17) is 0 Å². The molecule has 0 aliphatic carbocycles. The Morgan fingerprint density at radius 3 is 2.30 bits per heavy atom. The molecule has 1 aromatic rings. The van der Waals surface area contributed by atoms with Gasteiger partial charge in [-0.1, -0.05) is 49.6 Å². The fourth-order valence-electron chi connectivity index (χ4n) is 2.75. The molecular weight excluding hydrogens is 451 g/mol. The molecule has 27 heavy (non-hydrogen) atoms. The maximum absolute atomic E-state index is 10.7. The van der Waals surface area contributed by atoms with Crippen molar-refractivity contribution in [2.45, 2.75) is 51.6 Å². The van der Waals surface area contributed by atoms with Crippen molar-refractivity contribution in [2.24, 2.45) is 4.99 Å². The van der Waals surface area contributed by atoms with Gasteiger partial charge in [-0.25, -0.2) is 4.99 Å². The Balaban J connectivity index is 0.00000676. The molecule has 0 bridgehead atoms. The highest BCUT2D eigenvalue weighted by Crippen LogP contribution is 2.20. The van der Waals surface area contributed by atoms with Gasteiger partial charge >= 0.3 is 0 Å². The van der Waals surface area contributed by atoms with E-state index < -0.39 is 5.60 Å². The first-order valence-corrected chi connectivity index (χ1v) is 9.90. The molecule has 0 heterocycles. The lowest BCUT2D eigenvalue weighted by atomic mass is 9.96.